The van der Waals surface area contributed by atoms with Gasteiger partial charge in [-0.15, -0.1) is 5.10 Å². The van der Waals surface area contributed by atoms with Crippen LogP contribution in [-0.2, 0) is 6.42 Å². The van der Waals surface area contributed by atoms with Gasteiger partial charge in [-0.1, -0.05) is 18.2 Å². The van der Waals surface area contributed by atoms with Crippen molar-refractivity contribution in [2.24, 2.45) is 0 Å². The molecular formula is C19H20FN5O2. The van der Waals surface area contributed by atoms with E-state index in [1.807, 2.05) is 18.2 Å². The van der Waals surface area contributed by atoms with Crippen LogP contribution in [0.4, 0.5) is 21.8 Å². The standard InChI is InChI=1S/C19H20FN5O2/c1-26-16-8-7-13(11-17(16)27-2)9-10-21-18-12-22-25-19(24-18)23-15-6-4-3-5-14(15)20/h3-8,11-12H,9-10H2,1-2H3,(H2,21,23,24,25). The van der Waals surface area contributed by atoms with Crippen molar-refractivity contribution in [3.8, 4) is 11.5 Å². The number of nitrogens with zero attached hydrogens (tertiary/aromatic N) is 3. The average molecular weight is 369 g/mol. The van der Waals surface area contributed by atoms with E-state index in [-0.39, 0.29) is 11.8 Å². The molecule has 8 heteroatoms. The van der Waals surface area contributed by atoms with Gasteiger partial charge in [-0.3, -0.25) is 0 Å². The van der Waals surface area contributed by atoms with Crippen LogP contribution in [0.2, 0.25) is 0 Å². The minimum Gasteiger partial charge on any atom is -0.493 e. The molecule has 0 aliphatic carbocycles. The molecule has 0 fully saturated rings. The lowest BCUT2D eigenvalue weighted by Crippen LogP contribution is -2.09. The number of methoxy groups -OCH3 is 2. The van der Waals surface area contributed by atoms with Crippen molar-refractivity contribution in [2.45, 2.75) is 6.42 Å². The molecule has 140 valence electrons. The highest BCUT2D eigenvalue weighted by atomic mass is 19.1. The second-order valence-electron chi connectivity index (χ2n) is 5.64. The summed E-state index contributed by atoms with van der Waals surface area (Å²) in [7, 11) is 3.21. The lowest BCUT2D eigenvalue weighted by Gasteiger charge is -2.10. The number of anilines is 3. The number of hydrogen-bond donors (Lipinski definition) is 2. The lowest BCUT2D eigenvalue weighted by molar-refractivity contribution is 0.354. The summed E-state index contributed by atoms with van der Waals surface area (Å²) in [5, 5.41) is 13.8. The summed E-state index contributed by atoms with van der Waals surface area (Å²) in [4.78, 5) is 4.29. The Balaban J connectivity index is 1.60. The van der Waals surface area contributed by atoms with Crippen LogP contribution in [0.3, 0.4) is 0 Å². The molecule has 0 radical (unpaired) electrons. The van der Waals surface area contributed by atoms with Gasteiger partial charge in [0.1, 0.15) is 5.82 Å². The molecule has 7 nitrogen and oxygen atoms in total. The highest BCUT2D eigenvalue weighted by molar-refractivity contribution is 5.54. The maximum atomic E-state index is 13.7. The summed E-state index contributed by atoms with van der Waals surface area (Å²) in [6.45, 7) is 0.632. The van der Waals surface area contributed by atoms with Gasteiger partial charge >= 0.3 is 0 Å². The molecule has 0 unspecified atom stereocenters. The molecule has 0 atom stereocenters. The summed E-state index contributed by atoms with van der Waals surface area (Å²) >= 11 is 0. The number of hydrogen-bond acceptors (Lipinski definition) is 7. The van der Waals surface area contributed by atoms with Crippen LogP contribution in [0.5, 0.6) is 11.5 Å². The highest BCUT2D eigenvalue weighted by Crippen LogP contribution is 2.27. The van der Waals surface area contributed by atoms with E-state index in [2.05, 4.69) is 25.8 Å². The molecule has 0 saturated heterocycles. The molecule has 3 rings (SSSR count). The molecule has 0 spiro atoms. The Hall–Kier alpha value is -3.42. The fourth-order valence-corrected chi connectivity index (χ4v) is 2.50. The second-order valence-corrected chi connectivity index (χ2v) is 5.64. The number of rotatable bonds is 8. The smallest absolute Gasteiger partial charge is 0.249 e. The predicted octanol–water partition coefficient (Wildman–Crippen LogP) is 3.43. The minimum absolute atomic E-state index is 0.219. The number of aromatic nitrogens is 3. The van der Waals surface area contributed by atoms with Crippen molar-refractivity contribution < 1.29 is 13.9 Å². The Labute approximate surface area is 156 Å². The van der Waals surface area contributed by atoms with Gasteiger partial charge in [0, 0.05) is 6.54 Å². The van der Waals surface area contributed by atoms with Crippen LogP contribution in [-0.4, -0.2) is 35.9 Å². The Morgan fingerprint density at radius 2 is 1.85 bits per heavy atom. The van der Waals surface area contributed by atoms with E-state index in [4.69, 9.17) is 9.47 Å². The summed E-state index contributed by atoms with van der Waals surface area (Å²) in [5.41, 5.74) is 1.38. The van der Waals surface area contributed by atoms with E-state index >= 15 is 0 Å². The van der Waals surface area contributed by atoms with Crippen molar-refractivity contribution in [1.82, 2.24) is 15.2 Å². The van der Waals surface area contributed by atoms with Crippen molar-refractivity contribution in [3.63, 3.8) is 0 Å². The first-order chi connectivity index (χ1) is 13.2. The maximum Gasteiger partial charge on any atom is 0.249 e. The molecule has 1 heterocycles. The third kappa shape index (κ3) is 4.81. The zero-order valence-corrected chi connectivity index (χ0v) is 15.1. The van der Waals surface area contributed by atoms with Crippen LogP contribution < -0.4 is 20.1 Å². The third-order valence-electron chi connectivity index (χ3n) is 3.85. The Morgan fingerprint density at radius 3 is 2.63 bits per heavy atom. The molecule has 0 aliphatic heterocycles. The Bertz CT molecular complexity index is 907. The van der Waals surface area contributed by atoms with Crippen molar-refractivity contribution in [1.29, 1.82) is 0 Å². The zero-order valence-electron chi connectivity index (χ0n) is 15.1. The van der Waals surface area contributed by atoms with Gasteiger partial charge in [-0.05, 0) is 36.2 Å². The molecular weight excluding hydrogens is 349 g/mol. The summed E-state index contributed by atoms with van der Waals surface area (Å²) < 4.78 is 24.3. The first-order valence-electron chi connectivity index (χ1n) is 8.35. The molecule has 0 amide bonds. The first-order valence-corrected chi connectivity index (χ1v) is 8.35. The van der Waals surface area contributed by atoms with Crippen molar-refractivity contribution in [2.75, 3.05) is 31.4 Å². The third-order valence-corrected chi connectivity index (χ3v) is 3.85. The van der Waals surface area contributed by atoms with Gasteiger partial charge in [0.2, 0.25) is 5.95 Å². The normalized spacial score (nSPS) is 10.3. The topological polar surface area (TPSA) is 81.2 Å². The minimum atomic E-state index is -0.382. The van der Waals surface area contributed by atoms with Gasteiger partial charge in [0.25, 0.3) is 0 Å². The average Bonchev–Trinajstić information content (AvgIpc) is 2.70. The van der Waals surface area contributed by atoms with Crippen LogP contribution in [0.25, 0.3) is 0 Å². The van der Waals surface area contributed by atoms with Gasteiger partial charge in [0.15, 0.2) is 17.3 Å². The van der Waals surface area contributed by atoms with Crippen LogP contribution >= 0.6 is 0 Å². The molecule has 2 N–H and O–H groups in total. The second kappa shape index (κ2) is 8.79. The van der Waals surface area contributed by atoms with Gasteiger partial charge in [0.05, 0.1) is 26.1 Å². The number of para-hydroxylation sites is 1. The maximum absolute atomic E-state index is 13.7. The number of nitrogens with one attached hydrogen (secondary N) is 2. The van der Waals surface area contributed by atoms with Crippen LogP contribution in [0.1, 0.15) is 5.56 Å². The summed E-state index contributed by atoms with van der Waals surface area (Å²) in [6, 6.07) is 12.1. The van der Waals surface area contributed by atoms with E-state index in [1.165, 1.54) is 12.3 Å². The number of halogens is 1. The quantitative estimate of drug-likeness (QED) is 0.629. The van der Waals surface area contributed by atoms with E-state index in [9.17, 15) is 4.39 Å². The number of ether oxygens (including phenoxy) is 2. The lowest BCUT2D eigenvalue weighted by atomic mass is 10.1. The fourth-order valence-electron chi connectivity index (χ4n) is 2.50. The summed E-state index contributed by atoms with van der Waals surface area (Å²) in [6.07, 6.45) is 2.27. The molecule has 0 saturated carbocycles. The predicted molar refractivity (Wildman–Crippen MR) is 101 cm³/mol. The van der Waals surface area contributed by atoms with Crippen molar-refractivity contribution >= 4 is 17.5 Å². The zero-order chi connectivity index (χ0) is 19.1. The Morgan fingerprint density at radius 1 is 1.04 bits per heavy atom. The SMILES string of the molecule is COc1ccc(CCNc2cnnc(Nc3ccccc3F)n2)cc1OC. The monoisotopic (exact) mass is 369 g/mol. The van der Waals surface area contributed by atoms with Gasteiger partial charge in [-0.25, -0.2) is 4.39 Å². The molecule has 27 heavy (non-hydrogen) atoms. The van der Waals surface area contributed by atoms with Crippen LogP contribution in [0.15, 0.2) is 48.7 Å². The molecule has 0 aliphatic rings. The van der Waals surface area contributed by atoms with Gasteiger partial charge in [-0.2, -0.15) is 10.1 Å². The molecule has 2 aromatic carbocycles. The van der Waals surface area contributed by atoms with E-state index in [1.54, 1.807) is 32.4 Å². The molecule has 3 aromatic rings. The van der Waals surface area contributed by atoms with E-state index in [0.717, 1.165) is 12.0 Å². The molecule has 0 bridgehead atoms. The molecule has 1 aromatic heterocycles. The van der Waals surface area contributed by atoms with E-state index in [0.29, 0.717) is 29.5 Å². The highest BCUT2D eigenvalue weighted by Gasteiger charge is 2.06. The fraction of sp³-hybridized carbons (Fsp3) is 0.211. The van der Waals surface area contributed by atoms with E-state index < -0.39 is 0 Å². The van der Waals surface area contributed by atoms with Crippen LogP contribution in [0, 0.1) is 5.82 Å². The summed E-state index contributed by atoms with van der Waals surface area (Å²) in [5.74, 6) is 1.77. The van der Waals surface area contributed by atoms with Crippen molar-refractivity contribution in [3.05, 3.63) is 60.0 Å². The number of benzene rings is 2. The largest absolute Gasteiger partial charge is 0.493 e. The Kier molecular flexibility index (Phi) is 5.98. The van der Waals surface area contributed by atoms with Gasteiger partial charge < -0.3 is 20.1 Å². The first kappa shape index (κ1) is 18.4.